The van der Waals surface area contributed by atoms with Crippen LogP contribution in [0, 0.1) is 5.92 Å². The van der Waals surface area contributed by atoms with Crippen molar-refractivity contribution in [1.82, 2.24) is 31.6 Å². The molecule has 0 saturated carbocycles. The molecular formula is C36H49N7O6S. The van der Waals surface area contributed by atoms with Gasteiger partial charge in [-0.1, -0.05) is 44.2 Å². The van der Waals surface area contributed by atoms with Crippen LogP contribution in [0.25, 0.3) is 0 Å². The fourth-order valence-corrected chi connectivity index (χ4v) is 5.60. The Bertz CT molecular complexity index is 1720. The highest BCUT2D eigenvalue weighted by Gasteiger charge is 2.27. The van der Waals surface area contributed by atoms with E-state index in [9.17, 15) is 27.6 Å². The first-order valence-electron chi connectivity index (χ1n) is 16.6. The van der Waals surface area contributed by atoms with Crippen molar-refractivity contribution in [3.8, 4) is 0 Å². The number of hydrogen-bond donors (Lipinski definition) is 5. The number of pyridine rings is 1. The van der Waals surface area contributed by atoms with Crippen molar-refractivity contribution in [3.05, 3.63) is 95.3 Å². The highest BCUT2D eigenvalue weighted by molar-refractivity contribution is 7.92. The van der Waals surface area contributed by atoms with Crippen molar-refractivity contribution in [2.75, 3.05) is 30.7 Å². The number of sulfonamides is 1. The third kappa shape index (κ3) is 11.7. The van der Waals surface area contributed by atoms with Crippen LogP contribution in [0.4, 0.5) is 5.69 Å². The minimum atomic E-state index is -3.73. The number of amides is 4. The second-order valence-corrected chi connectivity index (χ2v) is 14.6. The van der Waals surface area contributed by atoms with E-state index < -0.39 is 46.0 Å². The van der Waals surface area contributed by atoms with Gasteiger partial charge in [-0.15, -0.1) is 0 Å². The molecule has 270 valence electrons. The molecule has 50 heavy (non-hydrogen) atoms. The molecule has 1 unspecified atom stereocenters. The van der Waals surface area contributed by atoms with E-state index in [4.69, 9.17) is 0 Å². The lowest BCUT2D eigenvalue weighted by Gasteiger charge is -2.25. The molecule has 0 aliphatic heterocycles. The standard InChI is InChI=1S/C36H49N7O6S/c1-8-38-36(47)32(23(2)3)42-33(44)25(5)39-22-30(18-26-12-10-9-11-13-26)41-35(46)29-19-28(20-31(21-29)43(6)50(7,48)49)34(45)40-24(4)27-14-16-37-17-15-27/h9-17,19-21,23-25,30,32,39H,8,18,22H2,1-7H3,(H,38,47)(H,40,45)(H,41,46)(H,42,44)/t24?,25-,30-,32-/m0/s1. The first-order chi connectivity index (χ1) is 23.6. The number of aromatic nitrogens is 1. The lowest BCUT2D eigenvalue weighted by atomic mass is 10.0. The molecule has 0 radical (unpaired) electrons. The summed E-state index contributed by atoms with van der Waals surface area (Å²) in [5, 5.41) is 14.6. The van der Waals surface area contributed by atoms with Crippen molar-refractivity contribution in [3.63, 3.8) is 0 Å². The summed E-state index contributed by atoms with van der Waals surface area (Å²) in [7, 11) is -2.38. The third-order valence-corrected chi connectivity index (χ3v) is 9.38. The Morgan fingerprint density at radius 3 is 1.98 bits per heavy atom. The molecule has 0 bridgehead atoms. The van der Waals surface area contributed by atoms with Crippen LogP contribution in [0.15, 0.2) is 73.1 Å². The van der Waals surface area contributed by atoms with Crippen LogP contribution in [0.1, 0.15) is 72.5 Å². The quantitative estimate of drug-likeness (QED) is 0.142. The van der Waals surface area contributed by atoms with E-state index in [-0.39, 0.29) is 41.1 Å². The van der Waals surface area contributed by atoms with Crippen molar-refractivity contribution < 1.29 is 27.6 Å². The molecule has 0 aliphatic rings. The van der Waals surface area contributed by atoms with Crippen LogP contribution in [0.5, 0.6) is 0 Å². The van der Waals surface area contributed by atoms with E-state index in [1.165, 1.54) is 25.2 Å². The molecule has 0 saturated heterocycles. The van der Waals surface area contributed by atoms with Gasteiger partial charge in [0.2, 0.25) is 21.8 Å². The van der Waals surface area contributed by atoms with Crippen molar-refractivity contribution >= 4 is 39.3 Å². The van der Waals surface area contributed by atoms with Gasteiger partial charge in [-0.05, 0) is 74.6 Å². The Balaban J connectivity index is 1.86. The van der Waals surface area contributed by atoms with Gasteiger partial charge in [0, 0.05) is 49.7 Å². The van der Waals surface area contributed by atoms with Gasteiger partial charge < -0.3 is 26.6 Å². The van der Waals surface area contributed by atoms with Gasteiger partial charge in [0.15, 0.2) is 0 Å². The maximum atomic E-state index is 13.9. The van der Waals surface area contributed by atoms with Gasteiger partial charge >= 0.3 is 0 Å². The second kappa shape index (κ2) is 18.3. The fraction of sp³-hybridized carbons (Fsp3) is 0.417. The zero-order chi connectivity index (χ0) is 37.0. The molecule has 3 rings (SSSR count). The summed E-state index contributed by atoms with van der Waals surface area (Å²) in [5.74, 6) is -1.80. The molecule has 14 heteroatoms. The van der Waals surface area contributed by atoms with Crippen molar-refractivity contribution in [2.45, 2.75) is 65.2 Å². The Morgan fingerprint density at radius 2 is 1.42 bits per heavy atom. The first kappa shape index (κ1) is 39.6. The molecule has 1 aromatic heterocycles. The monoisotopic (exact) mass is 707 g/mol. The van der Waals surface area contributed by atoms with Gasteiger partial charge in [0.05, 0.1) is 24.0 Å². The van der Waals surface area contributed by atoms with Gasteiger partial charge in [-0.25, -0.2) is 8.42 Å². The summed E-state index contributed by atoms with van der Waals surface area (Å²) in [6.07, 6.45) is 4.67. The van der Waals surface area contributed by atoms with E-state index in [0.717, 1.165) is 21.7 Å². The molecular weight excluding hydrogens is 659 g/mol. The summed E-state index contributed by atoms with van der Waals surface area (Å²) in [4.78, 5) is 56.9. The Hall–Kier alpha value is -4.82. The third-order valence-electron chi connectivity index (χ3n) is 8.18. The Labute approximate surface area is 295 Å². The predicted octanol–water partition coefficient (Wildman–Crippen LogP) is 2.56. The first-order valence-corrected chi connectivity index (χ1v) is 18.4. The number of nitrogens with zero attached hydrogens (tertiary/aromatic N) is 2. The number of carbonyl (C=O) groups is 4. The topological polar surface area (TPSA) is 179 Å². The summed E-state index contributed by atoms with van der Waals surface area (Å²) in [6.45, 7) is 9.61. The smallest absolute Gasteiger partial charge is 0.251 e. The van der Waals surface area contributed by atoms with E-state index in [1.54, 1.807) is 38.4 Å². The van der Waals surface area contributed by atoms with E-state index in [2.05, 4.69) is 31.6 Å². The number of likely N-dealkylation sites (N-methyl/N-ethyl adjacent to an activating group) is 1. The second-order valence-electron chi connectivity index (χ2n) is 12.6. The number of carbonyl (C=O) groups excluding carboxylic acids is 4. The number of benzene rings is 2. The lowest BCUT2D eigenvalue weighted by Crippen LogP contribution is -2.55. The maximum absolute atomic E-state index is 13.9. The zero-order valence-corrected chi connectivity index (χ0v) is 30.5. The molecule has 1 heterocycles. The van der Waals surface area contributed by atoms with Crippen LogP contribution < -0.4 is 30.9 Å². The molecule has 13 nitrogen and oxygen atoms in total. The number of nitrogens with one attached hydrogen (secondary N) is 5. The average Bonchev–Trinajstić information content (AvgIpc) is 3.08. The molecule has 4 atom stereocenters. The van der Waals surface area contributed by atoms with Crippen molar-refractivity contribution in [1.29, 1.82) is 0 Å². The van der Waals surface area contributed by atoms with Gasteiger partial charge in [0.25, 0.3) is 11.8 Å². The zero-order valence-electron chi connectivity index (χ0n) is 29.7. The lowest BCUT2D eigenvalue weighted by molar-refractivity contribution is -0.130. The van der Waals surface area contributed by atoms with Crippen LogP contribution in [-0.2, 0) is 26.0 Å². The van der Waals surface area contributed by atoms with Crippen LogP contribution in [-0.4, -0.2) is 81.5 Å². The normalized spacial score (nSPS) is 13.8. The van der Waals surface area contributed by atoms with E-state index in [1.807, 2.05) is 51.1 Å². The average molecular weight is 708 g/mol. The van der Waals surface area contributed by atoms with Gasteiger partial charge in [0.1, 0.15) is 6.04 Å². The highest BCUT2D eigenvalue weighted by atomic mass is 32.2. The molecule has 0 spiro atoms. The summed E-state index contributed by atoms with van der Waals surface area (Å²) >= 11 is 0. The van der Waals surface area contributed by atoms with Crippen molar-refractivity contribution in [2.24, 2.45) is 5.92 Å². The molecule has 0 fully saturated rings. The molecule has 0 aliphatic carbocycles. The predicted molar refractivity (Wildman–Crippen MR) is 194 cm³/mol. The SMILES string of the molecule is CCNC(=O)[C@@H](NC(=O)[C@H](C)NC[C@H](Cc1ccccc1)NC(=O)c1cc(C(=O)NC(C)c2ccncc2)cc(N(C)S(C)(=O)=O)c1)C(C)C. The summed E-state index contributed by atoms with van der Waals surface area (Å²) in [6, 6.07) is 15.0. The van der Waals surface area contributed by atoms with E-state index >= 15 is 0 Å². The number of rotatable bonds is 17. The number of anilines is 1. The van der Waals surface area contributed by atoms with Crippen LogP contribution >= 0.6 is 0 Å². The maximum Gasteiger partial charge on any atom is 0.251 e. The van der Waals surface area contributed by atoms with E-state index in [0.29, 0.717) is 13.0 Å². The minimum absolute atomic E-state index is 0.0743. The largest absolute Gasteiger partial charge is 0.355 e. The molecule has 5 N–H and O–H groups in total. The fourth-order valence-electron chi connectivity index (χ4n) is 5.11. The van der Waals surface area contributed by atoms with Crippen LogP contribution in [0.2, 0.25) is 0 Å². The summed E-state index contributed by atoms with van der Waals surface area (Å²) in [5.41, 5.74) is 2.06. The Kier molecular flexibility index (Phi) is 14.5. The summed E-state index contributed by atoms with van der Waals surface area (Å²) < 4.78 is 25.9. The molecule has 3 aromatic rings. The molecule has 4 amide bonds. The van der Waals surface area contributed by atoms with Gasteiger partial charge in [-0.3, -0.25) is 28.5 Å². The Morgan fingerprint density at radius 1 is 0.820 bits per heavy atom. The molecule has 2 aromatic carbocycles. The minimum Gasteiger partial charge on any atom is -0.355 e. The highest BCUT2D eigenvalue weighted by Crippen LogP contribution is 2.22. The van der Waals surface area contributed by atoms with Gasteiger partial charge in [-0.2, -0.15) is 0 Å². The number of hydrogen-bond acceptors (Lipinski definition) is 8. The van der Waals surface area contributed by atoms with Crippen LogP contribution in [0.3, 0.4) is 0 Å².